The number of Topliss-reactive ketones (excluding diaryl/α,β-unsaturated/α-hetero) is 1. The van der Waals surface area contributed by atoms with Crippen LogP contribution in [0.4, 0.5) is 0 Å². The number of ketones is 1. The summed E-state index contributed by atoms with van der Waals surface area (Å²) in [6.45, 7) is 5.82. The molecule has 0 atom stereocenters. The number of halogens is 1. The van der Waals surface area contributed by atoms with Crippen molar-refractivity contribution in [3.05, 3.63) is 34.7 Å². The molecule has 2 aromatic rings. The van der Waals surface area contributed by atoms with Crippen molar-refractivity contribution < 1.29 is 4.79 Å². The standard InChI is InChI=1S/C15H16ClNOS2/c1-15(2,3)13(18)9-20-14-17-12(8-19-14)10-4-6-11(16)7-5-10/h4-8H,9H2,1-3H3. The van der Waals surface area contributed by atoms with Gasteiger partial charge in [-0.1, -0.05) is 56.3 Å². The minimum Gasteiger partial charge on any atom is -0.298 e. The van der Waals surface area contributed by atoms with Crippen molar-refractivity contribution in [3.63, 3.8) is 0 Å². The summed E-state index contributed by atoms with van der Waals surface area (Å²) in [6.07, 6.45) is 0. The van der Waals surface area contributed by atoms with Gasteiger partial charge in [0, 0.05) is 21.4 Å². The first-order valence-electron chi connectivity index (χ1n) is 6.24. The number of thiazole rings is 1. The molecule has 0 saturated heterocycles. The number of benzene rings is 1. The summed E-state index contributed by atoms with van der Waals surface area (Å²) in [5.41, 5.74) is 1.68. The van der Waals surface area contributed by atoms with E-state index >= 15 is 0 Å². The van der Waals surface area contributed by atoms with E-state index in [9.17, 15) is 4.79 Å². The summed E-state index contributed by atoms with van der Waals surface area (Å²) in [5.74, 6) is 0.711. The van der Waals surface area contributed by atoms with Crippen LogP contribution >= 0.6 is 34.7 Å². The number of rotatable bonds is 4. The third-order valence-corrected chi connectivity index (χ3v) is 5.06. The Hall–Kier alpha value is -0.840. The number of hydrogen-bond acceptors (Lipinski definition) is 4. The Kier molecular flexibility index (Phi) is 4.89. The summed E-state index contributed by atoms with van der Waals surface area (Å²) in [6, 6.07) is 7.61. The molecular formula is C15H16ClNOS2. The van der Waals surface area contributed by atoms with E-state index in [-0.39, 0.29) is 11.2 Å². The van der Waals surface area contributed by atoms with Crippen LogP contribution in [0.1, 0.15) is 20.8 Å². The Morgan fingerprint density at radius 2 is 1.95 bits per heavy atom. The molecule has 0 aliphatic rings. The molecule has 0 amide bonds. The molecule has 0 unspecified atom stereocenters. The summed E-state index contributed by atoms with van der Waals surface area (Å²) in [7, 11) is 0. The highest BCUT2D eigenvalue weighted by atomic mass is 35.5. The predicted molar refractivity (Wildman–Crippen MR) is 87.7 cm³/mol. The highest BCUT2D eigenvalue weighted by Gasteiger charge is 2.21. The third kappa shape index (κ3) is 4.08. The van der Waals surface area contributed by atoms with E-state index in [1.165, 1.54) is 11.8 Å². The third-order valence-electron chi connectivity index (χ3n) is 2.79. The van der Waals surface area contributed by atoms with Gasteiger partial charge in [-0.3, -0.25) is 4.79 Å². The van der Waals surface area contributed by atoms with Crippen molar-refractivity contribution >= 4 is 40.5 Å². The Bertz CT molecular complexity index is 599. The quantitative estimate of drug-likeness (QED) is 0.726. The molecule has 1 aromatic carbocycles. The van der Waals surface area contributed by atoms with Gasteiger partial charge in [0.15, 0.2) is 4.34 Å². The summed E-state index contributed by atoms with van der Waals surface area (Å²) in [5, 5.41) is 2.72. The van der Waals surface area contributed by atoms with Crippen LogP contribution in [-0.2, 0) is 4.79 Å². The lowest BCUT2D eigenvalue weighted by molar-refractivity contribution is -0.123. The van der Waals surface area contributed by atoms with Gasteiger partial charge in [-0.05, 0) is 12.1 Å². The van der Waals surface area contributed by atoms with Crippen molar-refractivity contribution in [3.8, 4) is 11.3 Å². The van der Waals surface area contributed by atoms with Crippen LogP contribution in [0.2, 0.25) is 5.02 Å². The Labute approximate surface area is 132 Å². The molecule has 0 radical (unpaired) electrons. The van der Waals surface area contributed by atoms with E-state index in [4.69, 9.17) is 11.6 Å². The lowest BCUT2D eigenvalue weighted by Crippen LogP contribution is -2.21. The average Bonchev–Trinajstić information content (AvgIpc) is 2.84. The topological polar surface area (TPSA) is 30.0 Å². The molecule has 5 heteroatoms. The highest BCUT2D eigenvalue weighted by molar-refractivity contribution is 8.01. The van der Waals surface area contributed by atoms with Gasteiger partial charge in [0.1, 0.15) is 5.78 Å². The fourth-order valence-corrected chi connectivity index (χ4v) is 3.54. The second-order valence-electron chi connectivity index (χ2n) is 5.47. The number of thioether (sulfide) groups is 1. The van der Waals surface area contributed by atoms with E-state index in [1.54, 1.807) is 11.3 Å². The highest BCUT2D eigenvalue weighted by Crippen LogP contribution is 2.30. The number of carbonyl (C=O) groups is 1. The van der Waals surface area contributed by atoms with Gasteiger partial charge in [-0.2, -0.15) is 0 Å². The Morgan fingerprint density at radius 3 is 2.55 bits per heavy atom. The maximum absolute atomic E-state index is 11.9. The summed E-state index contributed by atoms with van der Waals surface area (Å²) < 4.78 is 0.924. The van der Waals surface area contributed by atoms with Crippen molar-refractivity contribution in [1.82, 2.24) is 4.98 Å². The van der Waals surface area contributed by atoms with Gasteiger partial charge in [0.25, 0.3) is 0 Å². The van der Waals surface area contributed by atoms with Crippen molar-refractivity contribution in [2.75, 3.05) is 5.75 Å². The van der Waals surface area contributed by atoms with E-state index in [1.807, 2.05) is 50.4 Å². The molecular weight excluding hydrogens is 310 g/mol. The fraction of sp³-hybridized carbons (Fsp3) is 0.333. The van der Waals surface area contributed by atoms with Gasteiger partial charge in [0.05, 0.1) is 11.4 Å². The lowest BCUT2D eigenvalue weighted by atomic mass is 9.92. The zero-order valence-corrected chi connectivity index (χ0v) is 14.0. The molecule has 0 aliphatic heterocycles. The van der Waals surface area contributed by atoms with Crippen LogP contribution < -0.4 is 0 Å². The maximum Gasteiger partial charge on any atom is 0.150 e. The van der Waals surface area contributed by atoms with Crippen LogP contribution in [0.15, 0.2) is 34.0 Å². The van der Waals surface area contributed by atoms with Crippen molar-refractivity contribution in [2.45, 2.75) is 25.1 Å². The first-order valence-corrected chi connectivity index (χ1v) is 8.48. The zero-order valence-electron chi connectivity index (χ0n) is 11.6. The molecule has 1 heterocycles. The Morgan fingerprint density at radius 1 is 1.30 bits per heavy atom. The molecule has 2 rings (SSSR count). The number of carbonyl (C=O) groups excluding carboxylic acids is 1. The van der Waals surface area contributed by atoms with Gasteiger partial charge < -0.3 is 0 Å². The largest absolute Gasteiger partial charge is 0.298 e. The van der Waals surface area contributed by atoms with E-state index in [2.05, 4.69) is 4.98 Å². The van der Waals surface area contributed by atoms with Crippen LogP contribution in [0.5, 0.6) is 0 Å². The molecule has 1 aromatic heterocycles. The second-order valence-corrected chi connectivity index (χ2v) is 7.98. The minimum absolute atomic E-state index is 0.241. The van der Waals surface area contributed by atoms with E-state index < -0.39 is 0 Å². The average molecular weight is 326 g/mol. The predicted octanol–water partition coefficient (Wildman–Crippen LogP) is 5.17. The summed E-state index contributed by atoms with van der Waals surface area (Å²) in [4.78, 5) is 16.4. The first kappa shape index (κ1) is 15.5. The number of nitrogens with zero attached hydrogens (tertiary/aromatic N) is 1. The monoisotopic (exact) mass is 325 g/mol. The van der Waals surface area contributed by atoms with E-state index in [0.29, 0.717) is 10.8 Å². The van der Waals surface area contributed by atoms with Gasteiger partial charge in [0.2, 0.25) is 0 Å². The smallest absolute Gasteiger partial charge is 0.150 e. The molecule has 0 N–H and O–H groups in total. The summed E-state index contributed by atoms with van der Waals surface area (Å²) >= 11 is 8.95. The van der Waals surface area contributed by atoms with E-state index in [0.717, 1.165) is 15.6 Å². The SMILES string of the molecule is CC(C)(C)C(=O)CSc1nc(-c2ccc(Cl)cc2)cs1. The molecule has 0 aliphatic carbocycles. The number of hydrogen-bond donors (Lipinski definition) is 0. The lowest BCUT2D eigenvalue weighted by Gasteiger charge is -2.15. The molecule has 20 heavy (non-hydrogen) atoms. The van der Waals surface area contributed by atoms with Crippen LogP contribution in [0, 0.1) is 5.41 Å². The zero-order chi connectivity index (χ0) is 14.8. The van der Waals surface area contributed by atoms with Crippen molar-refractivity contribution in [1.29, 1.82) is 0 Å². The molecule has 2 nitrogen and oxygen atoms in total. The molecule has 106 valence electrons. The minimum atomic E-state index is -0.288. The molecule has 0 fully saturated rings. The van der Waals surface area contributed by atoms with Gasteiger partial charge in [-0.25, -0.2) is 4.98 Å². The van der Waals surface area contributed by atoms with Gasteiger partial charge in [-0.15, -0.1) is 11.3 Å². The molecule has 0 saturated carbocycles. The second kappa shape index (κ2) is 6.29. The van der Waals surface area contributed by atoms with Crippen LogP contribution in [-0.4, -0.2) is 16.5 Å². The van der Waals surface area contributed by atoms with Crippen LogP contribution in [0.25, 0.3) is 11.3 Å². The first-order chi connectivity index (χ1) is 9.36. The number of aromatic nitrogens is 1. The van der Waals surface area contributed by atoms with Gasteiger partial charge >= 0.3 is 0 Å². The van der Waals surface area contributed by atoms with Crippen molar-refractivity contribution in [2.24, 2.45) is 5.41 Å². The fourth-order valence-electron chi connectivity index (χ4n) is 1.42. The Balaban J connectivity index is 2.03. The molecule has 0 bridgehead atoms. The molecule has 0 spiro atoms. The maximum atomic E-state index is 11.9. The normalized spacial score (nSPS) is 11.6. The van der Waals surface area contributed by atoms with Crippen LogP contribution in [0.3, 0.4) is 0 Å².